The van der Waals surface area contributed by atoms with Crippen LogP contribution in [0.15, 0.2) is 72.8 Å². The van der Waals surface area contributed by atoms with Crippen molar-refractivity contribution >= 4 is 28.7 Å². The van der Waals surface area contributed by atoms with Crippen molar-refractivity contribution in [1.82, 2.24) is 4.90 Å². The Bertz CT molecular complexity index is 997. The summed E-state index contributed by atoms with van der Waals surface area (Å²) in [6.45, 7) is 8.08. The van der Waals surface area contributed by atoms with E-state index in [9.17, 15) is 0 Å². The fourth-order valence-electron chi connectivity index (χ4n) is 3.64. The average Bonchev–Trinajstić information content (AvgIpc) is 2.77. The number of ether oxygens (including phenoxy) is 1. The van der Waals surface area contributed by atoms with Gasteiger partial charge < -0.3 is 19.9 Å². The Morgan fingerprint density at radius 3 is 2.20 bits per heavy atom. The van der Waals surface area contributed by atoms with E-state index in [-0.39, 0.29) is 0 Å². The minimum Gasteiger partial charge on any atom is -0.457 e. The van der Waals surface area contributed by atoms with Crippen LogP contribution in [-0.4, -0.2) is 36.2 Å². The van der Waals surface area contributed by atoms with Gasteiger partial charge in [-0.3, -0.25) is 0 Å². The number of aryl methyl sites for hydroxylation is 2. The molecule has 1 saturated heterocycles. The molecule has 0 bridgehead atoms. The Morgan fingerprint density at radius 2 is 1.50 bits per heavy atom. The van der Waals surface area contributed by atoms with Gasteiger partial charge in [-0.05, 0) is 79.7 Å². The molecule has 0 aliphatic carbocycles. The maximum Gasteiger partial charge on any atom is 0.173 e. The minimum absolute atomic E-state index is 0.771. The fourth-order valence-corrected chi connectivity index (χ4v) is 3.94. The van der Waals surface area contributed by atoms with Gasteiger partial charge in [0.05, 0.1) is 0 Å². The van der Waals surface area contributed by atoms with Crippen LogP contribution >= 0.6 is 12.2 Å². The van der Waals surface area contributed by atoms with Gasteiger partial charge in [0, 0.05) is 37.6 Å². The second kappa shape index (κ2) is 9.18. The third-order valence-corrected chi connectivity index (χ3v) is 5.72. The average molecular weight is 418 g/mol. The number of rotatable bonds is 4. The standard InChI is InChI=1S/C25H27N3OS/c1-19-8-9-20(2)24(18-19)27-14-16-28(17-15-27)25(30)26-21-10-12-23(13-11-21)29-22-6-4-3-5-7-22/h3-13,18H,14-17H2,1-2H3,(H,26,30). The van der Waals surface area contributed by atoms with Crippen molar-refractivity contribution in [3.63, 3.8) is 0 Å². The number of nitrogens with zero attached hydrogens (tertiary/aromatic N) is 2. The molecule has 3 aromatic rings. The number of para-hydroxylation sites is 1. The number of nitrogens with one attached hydrogen (secondary N) is 1. The molecule has 0 atom stereocenters. The van der Waals surface area contributed by atoms with Crippen LogP contribution in [0.25, 0.3) is 0 Å². The number of thiocarbonyl (C=S) groups is 1. The highest BCUT2D eigenvalue weighted by Gasteiger charge is 2.20. The largest absolute Gasteiger partial charge is 0.457 e. The van der Waals surface area contributed by atoms with Crippen molar-refractivity contribution < 1.29 is 4.74 Å². The highest BCUT2D eigenvalue weighted by atomic mass is 32.1. The van der Waals surface area contributed by atoms with Crippen molar-refractivity contribution in [2.75, 3.05) is 36.4 Å². The molecular formula is C25H27N3OS. The summed E-state index contributed by atoms with van der Waals surface area (Å²) < 4.78 is 5.85. The lowest BCUT2D eigenvalue weighted by atomic mass is 10.1. The molecule has 0 radical (unpaired) electrons. The van der Waals surface area contributed by atoms with Gasteiger partial charge in [-0.25, -0.2) is 0 Å². The Labute approximate surface area is 184 Å². The molecule has 0 spiro atoms. The van der Waals surface area contributed by atoms with Gasteiger partial charge in [0.25, 0.3) is 0 Å². The second-order valence-corrected chi connectivity index (χ2v) is 8.02. The molecule has 0 amide bonds. The van der Waals surface area contributed by atoms with Crippen LogP contribution in [-0.2, 0) is 0 Å². The van der Waals surface area contributed by atoms with E-state index in [4.69, 9.17) is 17.0 Å². The van der Waals surface area contributed by atoms with Gasteiger partial charge in [0.15, 0.2) is 5.11 Å². The Morgan fingerprint density at radius 1 is 0.833 bits per heavy atom. The van der Waals surface area contributed by atoms with Gasteiger partial charge in [-0.2, -0.15) is 0 Å². The first kappa shape index (κ1) is 20.2. The zero-order chi connectivity index (χ0) is 20.9. The predicted octanol–water partition coefficient (Wildman–Crippen LogP) is 5.61. The van der Waals surface area contributed by atoms with Crippen LogP contribution in [0.5, 0.6) is 11.5 Å². The van der Waals surface area contributed by atoms with Gasteiger partial charge in [-0.15, -0.1) is 0 Å². The quantitative estimate of drug-likeness (QED) is 0.557. The zero-order valence-electron chi connectivity index (χ0n) is 17.5. The molecule has 4 nitrogen and oxygen atoms in total. The van der Waals surface area contributed by atoms with E-state index in [1.807, 2.05) is 54.6 Å². The third kappa shape index (κ3) is 4.92. The van der Waals surface area contributed by atoms with Crippen molar-refractivity contribution in [2.45, 2.75) is 13.8 Å². The minimum atomic E-state index is 0.771. The first-order valence-electron chi connectivity index (χ1n) is 10.3. The van der Waals surface area contributed by atoms with Crippen molar-refractivity contribution in [2.24, 2.45) is 0 Å². The lowest BCUT2D eigenvalue weighted by molar-refractivity contribution is 0.390. The van der Waals surface area contributed by atoms with Gasteiger partial charge in [0.2, 0.25) is 0 Å². The molecule has 1 aliphatic rings. The summed E-state index contributed by atoms with van der Waals surface area (Å²) in [4.78, 5) is 4.70. The maximum atomic E-state index is 5.85. The van der Waals surface area contributed by atoms with Crippen LogP contribution in [0.1, 0.15) is 11.1 Å². The normalized spacial score (nSPS) is 13.8. The molecule has 3 aromatic carbocycles. The SMILES string of the molecule is Cc1ccc(C)c(N2CCN(C(=S)Nc3ccc(Oc4ccccc4)cc3)CC2)c1. The fraction of sp³-hybridized carbons (Fsp3) is 0.240. The third-order valence-electron chi connectivity index (χ3n) is 5.36. The lowest BCUT2D eigenvalue weighted by Gasteiger charge is -2.38. The maximum absolute atomic E-state index is 5.85. The van der Waals surface area contributed by atoms with Crippen LogP contribution in [0, 0.1) is 13.8 Å². The lowest BCUT2D eigenvalue weighted by Crippen LogP contribution is -2.50. The smallest absolute Gasteiger partial charge is 0.173 e. The van der Waals surface area contributed by atoms with Crippen LogP contribution in [0.3, 0.4) is 0 Å². The van der Waals surface area contributed by atoms with E-state index in [0.29, 0.717) is 0 Å². The zero-order valence-corrected chi connectivity index (χ0v) is 18.3. The van der Waals surface area contributed by atoms with E-state index >= 15 is 0 Å². The van der Waals surface area contributed by atoms with E-state index in [2.05, 4.69) is 47.2 Å². The van der Waals surface area contributed by atoms with Gasteiger partial charge in [0.1, 0.15) is 11.5 Å². The summed E-state index contributed by atoms with van der Waals surface area (Å²) in [6.07, 6.45) is 0. The summed E-state index contributed by atoms with van der Waals surface area (Å²) in [6, 6.07) is 24.3. The predicted molar refractivity (Wildman–Crippen MR) is 129 cm³/mol. The number of hydrogen-bond acceptors (Lipinski definition) is 3. The molecule has 5 heteroatoms. The molecular weight excluding hydrogens is 390 g/mol. The van der Waals surface area contributed by atoms with Crippen LogP contribution in [0.2, 0.25) is 0 Å². The summed E-state index contributed by atoms with van der Waals surface area (Å²) in [5, 5.41) is 4.13. The van der Waals surface area contributed by atoms with Crippen LogP contribution < -0.4 is 15.0 Å². The molecule has 0 aromatic heterocycles. The summed E-state index contributed by atoms with van der Waals surface area (Å²) >= 11 is 5.66. The van der Waals surface area contributed by atoms with E-state index in [1.165, 1.54) is 16.8 Å². The highest BCUT2D eigenvalue weighted by Crippen LogP contribution is 2.24. The summed E-state index contributed by atoms with van der Waals surface area (Å²) in [5.41, 5.74) is 4.93. The number of anilines is 2. The molecule has 1 fully saturated rings. The topological polar surface area (TPSA) is 27.7 Å². The summed E-state index contributed by atoms with van der Waals surface area (Å²) in [7, 11) is 0. The van der Waals surface area contributed by atoms with Crippen LogP contribution in [0.4, 0.5) is 11.4 Å². The van der Waals surface area contributed by atoms with Crippen molar-refractivity contribution in [3.8, 4) is 11.5 Å². The molecule has 0 unspecified atom stereocenters. The van der Waals surface area contributed by atoms with Crippen molar-refractivity contribution in [1.29, 1.82) is 0 Å². The number of benzene rings is 3. The second-order valence-electron chi connectivity index (χ2n) is 7.63. The Balaban J connectivity index is 1.31. The number of hydrogen-bond donors (Lipinski definition) is 1. The van der Waals surface area contributed by atoms with Gasteiger partial charge >= 0.3 is 0 Å². The monoisotopic (exact) mass is 417 g/mol. The molecule has 1 aliphatic heterocycles. The summed E-state index contributed by atoms with van der Waals surface area (Å²) in [5.74, 6) is 1.63. The van der Waals surface area contributed by atoms with E-state index in [0.717, 1.165) is 48.5 Å². The Hall–Kier alpha value is -3.05. The first-order chi connectivity index (χ1) is 14.6. The molecule has 4 rings (SSSR count). The van der Waals surface area contributed by atoms with Gasteiger partial charge in [-0.1, -0.05) is 30.3 Å². The first-order valence-corrected chi connectivity index (χ1v) is 10.7. The molecule has 0 saturated carbocycles. The Kier molecular flexibility index (Phi) is 6.19. The van der Waals surface area contributed by atoms with Crippen molar-refractivity contribution in [3.05, 3.63) is 83.9 Å². The molecule has 1 N–H and O–H groups in total. The molecule has 154 valence electrons. The van der Waals surface area contributed by atoms with E-state index in [1.54, 1.807) is 0 Å². The highest BCUT2D eigenvalue weighted by molar-refractivity contribution is 7.80. The van der Waals surface area contributed by atoms with E-state index < -0.39 is 0 Å². The number of piperazine rings is 1. The molecule has 30 heavy (non-hydrogen) atoms. The molecule has 1 heterocycles.